The van der Waals surface area contributed by atoms with Crippen molar-refractivity contribution >= 4 is 11.6 Å². The van der Waals surface area contributed by atoms with E-state index < -0.39 is 17.7 Å². The molecule has 5 nitrogen and oxygen atoms in total. The number of benzene rings is 2. The zero-order valence-corrected chi connectivity index (χ0v) is 18.6. The number of hydrogen-bond donors (Lipinski definition) is 1. The Bertz CT molecular complexity index is 1040. The Hall–Kier alpha value is -3.00. The number of likely N-dealkylation sites (tertiary alicyclic amines) is 1. The Labute approximate surface area is 191 Å². The highest BCUT2D eigenvalue weighted by Gasteiger charge is 2.36. The molecule has 8 heteroatoms. The minimum absolute atomic E-state index is 0.00617. The number of urea groups is 1. The first-order valence-corrected chi connectivity index (χ1v) is 11.1. The highest BCUT2D eigenvalue weighted by Crippen LogP contribution is 2.39. The number of piperidine rings is 1. The molecule has 0 aromatic heterocycles. The number of aromatic hydroxyl groups is 1. The molecule has 2 aliphatic heterocycles. The highest BCUT2D eigenvalue weighted by molar-refractivity contribution is 5.82. The van der Waals surface area contributed by atoms with Gasteiger partial charge in [-0.3, -0.25) is 0 Å². The number of nitrogens with zero attached hydrogens (tertiary/aromatic N) is 3. The number of para-hydroxylation sites is 1. The molecular formula is C25H28F3N3O2. The van der Waals surface area contributed by atoms with E-state index in [1.165, 1.54) is 6.07 Å². The van der Waals surface area contributed by atoms with Gasteiger partial charge >= 0.3 is 6.03 Å². The van der Waals surface area contributed by atoms with Crippen molar-refractivity contribution < 1.29 is 23.1 Å². The van der Waals surface area contributed by atoms with Crippen LogP contribution in [0.1, 0.15) is 30.0 Å². The Balaban J connectivity index is 1.60. The average molecular weight is 460 g/mol. The van der Waals surface area contributed by atoms with Gasteiger partial charge in [0.25, 0.3) is 0 Å². The van der Waals surface area contributed by atoms with Crippen LogP contribution in [-0.2, 0) is 0 Å². The minimum Gasteiger partial charge on any atom is -0.508 e. The first kappa shape index (κ1) is 23.2. The smallest absolute Gasteiger partial charge is 0.321 e. The van der Waals surface area contributed by atoms with E-state index in [1.54, 1.807) is 41.1 Å². The summed E-state index contributed by atoms with van der Waals surface area (Å²) in [6.07, 6.45) is 3.18. The van der Waals surface area contributed by atoms with Crippen LogP contribution in [0.3, 0.4) is 0 Å². The lowest BCUT2D eigenvalue weighted by Gasteiger charge is -2.39. The van der Waals surface area contributed by atoms with Crippen molar-refractivity contribution in [2.45, 2.75) is 24.9 Å². The molecule has 1 unspecified atom stereocenters. The Kier molecular flexibility index (Phi) is 6.93. The number of halogens is 3. The summed E-state index contributed by atoms with van der Waals surface area (Å²) in [4.78, 5) is 18.9. The lowest BCUT2D eigenvalue weighted by molar-refractivity contribution is 0.108. The van der Waals surface area contributed by atoms with Gasteiger partial charge in [-0.2, -0.15) is 0 Å². The van der Waals surface area contributed by atoms with Crippen molar-refractivity contribution in [1.82, 2.24) is 14.7 Å². The number of rotatable bonds is 5. The zero-order valence-electron chi connectivity index (χ0n) is 18.6. The lowest BCUT2D eigenvalue weighted by atomic mass is 10.0. The van der Waals surface area contributed by atoms with E-state index in [0.717, 1.165) is 31.0 Å². The van der Waals surface area contributed by atoms with Gasteiger partial charge < -0.3 is 19.8 Å². The fourth-order valence-electron chi connectivity index (χ4n) is 4.72. The van der Waals surface area contributed by atoms with Crippen molar-refractivity contribution in [3.63, 3.8) is 0 Å². The standard InChI is InChI=1S/C25H28F3N3O2/c1-29(19-8-11-30(12-9-19)13-10-26)25(33)31-16-17(21-15-18(27)6-7-22(21)28)14-23(31)20-4-2-3-5-24(20)32/h2-7,14-15,19,23,32H,8-13,16H2,1H3. The van der Waals surface area contributed by atoms with Gasteiger partial charge in [-0.05, 0) is 42.7 Å². The maximum absolute atomic E-state index is 14.5. The van der Waals surface area contributed by atoms with Crippen molar-refractivity contribution in [1.29, 1.82) is 0 Å². The van der Waals surface area contributed by atoms with Crippen molar-refractivity contribution in [2.24, 2.45) is 0 Å². The molecule has 1 fully saturated rings. The summed E-state index contributed by atoms with van der Waals surface area (Å²) in [6.45, 7) is 1.53. The molecule has 1 saturated heterocycles. The van der Waals surface area contributed by atoms with Gasteiger partial charge in [-0.15, -0.1) is 0 Å². The molecule has 0 aliphatic carbocycles. The van der Waals surface area contributed by atoms with Gasteiger partial charge in [-0.1, -0.05) is 24.3 Å². The maximum Gasteiger partial charge on any atom is 0.321 e. The summed E-state index contributed by atoms with van der Waals surface area (Å²) < 4.78 is 41.0. The molecule has 0 radical (unpaired) electrons. The van der Waals surface area contributed by atoms with Crippen LogP contribution in [0.15, 0.2) is 48.5 Å². The summed E-state index contributed by atoms with van der Waals surface area (Å²) in [5, 5.41) is 10.4. The van der Waals surface area contributed by atoms with Gasteiger partial charge in [-0.25, -0.2) is 18.0 Å². The third kappa shape index (κ3) is 4.85. The first-order valence-electron chi connectivity index (χ1n) is 11.1. The second kappa shape index (κ2) is 9.87. The van der Waals surface area contributed by atoms with Crippen LogP contribution in [0.4, 0.5) is 18.0 Å². The van der Waals surface area contributed by atoms with E-state index in [0.29, 0.717) is 30.8 Å². The van der Waals surface area contributed by atoms with Gasteiger partial charge in [0.2, 0.25) is 0 Å². The maximum atomic E-state index is 14.5. The summed E-state index contributed by atoms with van der Waals surface area (Å²) in [7, 11) is 1.74. The van der Waals surface area contributed by atoms with Crippen LogP contribution >= 0.6 is 0 Å². The molecule has 1 N–H and O–H groups in total. The van der Waals surface area contributed by atoms with E-state index in [1.807, 2.05) is 4.90 Å². The van der Waals surface area contributed by atoms with Crippen molar-refractivity contribution in [3.05, 3.63) is 71.3 Å². The van der Waals surface area contributed by atoms with E-state index in [4.69, 9.17) is 0 Å². The lowest BCUT2D eigenvalue weighted by Crippen LogP contribution is -2.50. The van der Waals surface area contributed by atoms with E-state index in [9.17, 15) is 23.1 Å². The number of alkyl halides is 1. The number of carbonyl (C=O) groups is 1. The molecule has 2 heterocycles. The third-order valence-corrected chi connectivity index (χ3v) is 6.62. The summed E-state index contributed by atoms with van der Waals surface area (Å²) in [5.41, 5.74) is 1.11. The van der Waals surface area contributed by atoms with Gasteiger partial charge in [0, 0.05) is 50.4 Å². The predicted octanol–water partition coefficient (Wildman–Crippen LogP) is 4.60. The van der Waals surface area contributed by atoms with E-state index >= 15 is 0 Å². The fraction of sp³-hybridized carbons (Fsp3) is 0.400. The largest absolute Gasteiger partial charge is 0.508 e. The van der Waals surface area contributed by atoms with E-state index in [2.05, 4.69) is 0 Å². The summed E-state index contributed by atoms with van der Waals surface area (Å²) in [6, 6.07) is 9.08. The quantitative estimate of drug-likeness (QED) is 0.711. The molecule has 2 amide bonds. The molecule has 2 aliphatic rings. The molecule has 1 atom stereocenters. The van der Waals surface area contributed by atoms with Crippen LogP contribution in [0.2, 0.25) is 0 Å². The average Bonchev–Trinajstić information content (AvgIpc) is 3.25. The topological polar surface area (TPSA) is 47.0 Å². The van der Waals surface area contributed by atoms with E-state index in [-0.39, 0.29) is 36.6 Å². The van der Waals surface area contributed by atoms with Crippen molar-refractivity contribution in [3.8, 4) is 5.75 Å². The Morgan fingerprint density at radius 1 is 1.15 bits per heavy atom. The molecule has 0 bridgehead atoms. The Morgan fingerprint density at radius 2 is 1.88 bits per heavy atom. The van der Waals surface area contributed by atoms with Crippen LogP contribution in [0, 0.1) is 11.6 Å². The molecule has 0 spiro atoms. The molecule has 33 heavy (non-hydrogen) atoms. The normalized spacial score (nSPS) is 19.6. The second-order valence-corrected chi connectivity index (χ2v) is 8.60. The minimum atomic E-state index is -0.620. The Morgan fingerprint density at radius 3 is 2.58 bits per heavy atom. The fourth-order valence-corrected chi connectivity index (χ4v) is 4.72. The number of carbonyl (C=O) groups excluding carboxylic acids is 1. The third-order valence-electron chi connectivity index (χ3n) is 6.62. The van der Waals surface area contributed by atoms with Crippen LogP contribution in [0.25, 0.3) is 5.57 Å². The summed E-state index contributed by atoms with van der Waals surface area (Å²) in [5.74, 6) is -1.10. The molecule has 2 aromatic carbocycles. The monoisotopic (exact) mass is 459 g/mol. The molecule has 0 saturated carbocycles. The van der Waals surface area contributed by atoms with Gasteiger partial charge in [0.05, 0.1) is 6.04 Å². The molecule has 4 rings (SSSR count). The molecular weight excluding hydrogens is 431 g/mol. The first-order chi connectivity index (χ1) is 15.9. The number of amides is 2. The number of phenols is 1. The molecule has 2 aromatic rings. The van der Waals surface area contributed by atoms with Crippen LogP contribution < -0.4 is 0 Å². The molecule has 176 valence electrons. The predicted molar refractivity (Wildman–Crippen MR) is 120 cm³/mol. The second-order valence-electron chi connectivity index (χ2n) is 8.60. The van der Waals surface area contributed by atoms with Crippen LogP contribution in [0.5, 0.6) is 5.75 Å². The number of phenolic OH excluding ortho intramolecular Hbond substituents is 1. The van der Waals surface area contributed by atoms with Gasteiger partial charge in [0.15, 0.2) is 0 Å². The highest BCUT2D eigenvalue weighted by atomic mass is 19.1. The SMILES string of the molecule is CN(C(=O)N1CC(c2cc(F)ccc2F)=CC1c1ccccc1O)C1CCN(CCF)CC1. The zero-order chi connectivity index (χ0) is 23.5. The number of hydrogen-bond acceptors (Lipinski definition) is 3. The van der Waals surface area contributed by atoms with Gasteiger partial charge in [0.1, 0.15) is 24.1 Å². The van der Waals surface area contributed by atoms with Crippen LogP contribution in [-0.4, -0.2) is 71.8 Å². The summed E-state index contributed by atoms with van der Waals surface area (Å²) >= 11 is 0. The van der Waals surface area contributed by atoms with Crippen molar-refractivity contribution in [2.75, 3.05) is 39.9 Å².